The highest BCUT2D eigenvalue weighted by Gasteiger charge is 2.18. The van der Waals surface area contributed by atoms with Gasteiger partial charge in [-0.3, -0.25) is 0 Å². The summed E-state index contributed by atoms with van der Waals surface area (Å²) in [6, 6.07) is 9.20. The average Bonchev–Trinajstić information content (AvgIpc) is 2.59. The van der Waals surface area contributed by atoms with Gasteiger partial charge in [0.25, 0.3) is 0 Å². The van der Waals surface area contributed by atoms with Gasteiger partial charge in [0.15, 0.2) is 0 Å². The van der Waals surface area contributed by atoms with E-state index in [2.05, 4.69) is 9.71 Å². The molecule has 0 aliphatic heterocycles. The normalized spacial score (nSPS) is 14.2. The van der Waals surface area contributed by atoms with Gasteiger partial charge in [0.2, 0.25) is 10.0 Å². The summed E-state index contributed by atoms with van der Waals surface area (Å²) in [5.41, 5.74) is 3.30. The van der Waals surface area contributed by atoms with Crippen LogP contribution in [0.15, 0.2) is 41.4 Å². The summed E-state index contributed by atoms with van der Waals surface area (Å²) in [6.07, 6.45) is 6.03. The van der Waals surface area contributed by atoms with E-state index in [9.17, 15) is 8.42 Å². The molecular formula is C18H23N3O2S. The van der Waals surface area contributed by atoms with Crippen LogP contribution in [-0.4, -0.2) is 27.5 Å². The molecule has 0 spiro atoms. The maximum atomic E-state index is 12.6. The molecule has 0 atom stereocenters. The van der Waals surface area contributed by atoms with E-state index < -0.39 is 10.0 Å². The largest absolute Gasteiger partial charge is 0.362 e. The molecule has 24 heavy (non-hydrogen) atoms. The lowest BCUT2D eigenvalue weighted by Crippen LogP contribution is -2.25. The van der Waals surface area contributed by atoms with E-state index >= 15 is 0 Å². The zero-order valence-corrected chi connectivity index (χ0v) is 14.9. The van der Waals surface area contributed by atoms with Gasteiger partial charge in [0.05, 0.1) is 4.90 Å². The predicted octanol–water partition coefficient (Wildman–Crippen LogP) is 2.50. The summed E-state index contributed by atoms with van der Waals surface area (Å²) in [5, 5.41) is 0. The van der Waals surface area contributed by atoms with Crippen LogP contribution in [0.3, 0.4) is 0 Å². The van der Waals surface area contributed by atoms with Crippen molar-refractivity contribution < 1.29 is 8.42 Å². The zero-order chi connectivity index (χ0) is 17.2. The summed E-state index contributed by atoms with van der Waals surface area (Å²) >= 11 is 0. The highest BCUT2D eigenvalue weighted by Crippen LogP contribution is 2.24. The molecule has 0 saturated heterocycles. The Kier molecular flexibility index (Phi) is 4.87. The number of aromatic nitrogens is 1. The topological polar surface area (TPSA) is 62.3 Å². The van der Waals surface area contributed by atoms with Crippen molar-refractivity contribution in [1.82, 2.24) is 9.71 Å². The monoisotopic (exact) mass is 345 g/mol. The second-order valence-corrected chi connectivity index (χ2v) is 8.11. The average molecular weight is 345 g/mol. The van der Waals surface area contributed by atoms with Gasteiger partial charge in [-0.25, -0.2) is 18.1 Å². The molecule has 0 radical (unpaired) electrons. The number of sulfonamides is 1. The van der Waals surface area contributed by atoms with Crippen LogP contribution >= 0.6 is 0 Å². The van der Waals surface area contributed by atoms with Gasteiger partial charge in [-0.2, -0.15) is 0 Å². The molecule has 6 heteroatoms. The smallest absolute Gasteiger partial charge is 0.240 e. The third kappa shape index (κ3) is 3.60. The van der Waals surface area contributed by atoms with Crippen LogP contribution in [0.5, 0.6) is 0 Å². The van der Waals surface area contributed by atoms with Crippen molar-refractivity contribution in [3.05, 3.63) is 53.2 Å². The van der Waals surface area contributed by atoms with Gasteiger partial charge >= 0.3 is 0 Å². The van der Waals surface area contributed by atoms with Crippen molar-refractivity contribution in [2.45, 2.75) is 37.1 Å². The molecule has 3 rings (SSSR count). The summed E-state index contributed by atoms with van der Waals surface area (Å²) in [6.45, 7) is 0.223. The zero-order valence-electron chi connectivity index (χ0n) is 14.1. The number of nitrogens with zero attached hydrogens (tertiary/aromatic N) is 2. The van der Waals surface area contributed by atoms with Crippen molar-refractivity contribution in [3.8, 4) is 0 Å². The van der Waals surface area contributed by atoms with E-state index in [1.807, 2.05) is 43.3 Å². The molecule has 128 valence electrons. The maximum Gasteiger partial charge on any atom is 0.240 e. The number of pyridine rings is 1. The molecule has 1 aliphatic rings. The van der Waals surface area contributed by atoms with Gasteiger partial charge in [0.1, 0.15) is 5.82 Å². The lowest BCUT2D eigenvalue weighted by molar-refractivity contribution is 0.580. The van der Waals surface area contributed by atoms with Crippen LogP contribution in [0.4, 0.5) is 5.82 Å². The van der Waals surface area contributed by atoms with Gasteiger partial charge in [-0.15, -0.1) is 0 Å². The Hall–Kier alpha value is -1.92. The van der Waals surface area contributed by atoms with Crippen LogP contribution < -0.4 is 9.62 Å². The molecular weight excluding hydrogens is 322 g/mol. The molecule has 1 aromatic heterocycles. The minimum atomic E-state index is -3.53. The Morgan fingerprint density at radius 2 is 1.88 bits per heavy atom. The Balaban J connectivity index is 1.80. The van der Waals surface area contributed by atoms with Gasteiger partial charge in [0, 0.05) is 32.4 Å². The van der Waals surface area contributed by atoms with Crippen molar-refractivity contribution >= 4 is 15.8 Å². The first-order valence-corrected chi connectivity index (χ1v) is 9.68. The number of nitrogens with one attached hydrogen (secondary N) is 1. The van der Waals surface area contributed by atoms with E-state index in [-0.39, 0.29) is 6.54 Å². The van der Waals surface area contributed by atoms with Crippen LogP contribution in [0, 0.1) is 0 Å². The third-order valence-corrected chi connectivity index (χ3v) is 5.77. The van der Waals surface area contributed by atoms with Crippen molar-refractivity contribution in [2.24, 2.45) is 0 Å². The Morgan fingerprint density at radius 1 is 1.12 bits per heavy atom. The van der Waals surface area contributed by atoms with Crippen LogP contribution in [0.2, 0.25) is 0 Å². The second kappa shape index (κ2) is 6.91. The third-order valence-electron chi connectivity index (χ3n) is 4.37. The number of hydrogen-bond donors (Lipinski definition) is 1. The number of fused-ring (bicyclic) bond motifs is 1. The lowest BCUT2D eigenvalue weighted by Gasteiger charge is -2.18. The summed E-state index contributed by atoms with van der Waals surface area (Å²) in [5.74, 6) is 0.769. The van der Waals surface area contributed by atoms with Crippen LogP contribution in [-0.2, 0) is 29.4 Å². The molecule has 0 unspecified atom stereocenters. The SMILES string of the molecule is CN(C)c1ncccc1CNS(=O)(=O)c1ccc2c(c1)CCCC2. The molecule has 0 amide bonds. The number of aryl methyl sites for hydroxylation is 2. The summed E-state index contributed by atoms with van der Waals surface area (Å²) < 4.78 is 28.0. The Labute approximate surface area is 143 Å². The fourth-order valence-corrected chi connectivity index (χ4v) is 4.16. The first kappa shape index (κ1) is 16.9. The van der Waals surface area contributed by atoms with E-state index in [0.29, 0.717) is 4.90 Å². The molecule has 2 aromatic rings. The van der Waals surface area contributed by atoms with Crippen molar-refractivity contribution in [2.75, 3.05) is 19.0 Å². The lowest BCUT2D eigenvalue weighted by atomic mass is 9.92. The Bertz CT molecular complexity index is 832. The number of rotatable bonds is 5. The highest BCUT2D eigenvalue weighted by molar-refractivity contribution is 7.89. The summed E-state index contributed by atoms with van der Waals surface area (Å²) in [4.78, 5) is 6.52. The van der Waals surface area contributed by atoms with E-state index in [1.54, 1.807) is 12.3 Å². The van der Waals surface area contributed by atoms with Gasteiger partial charge in [-0.05, 0) is 55.0 Å². The number of hydrogen-bond acceptors (Lipinski definition) is 4. The molecule has 5 nitrogen and oxygen atoms in total. The quantitative estimate of drug-likeness (QED) is 0.904. The molecule has 1 N–H and O–H groups in total. The van der Waals surface area contributed by atoms with Gasteiger partial charge < -0.3 is 4.90 Å². The second-order valence-electron chi connectivity index (χ2n) is 6.34. The van der Waals surface area contributed by atoms with E-state index in [1.165, 1.54) is 17.5 Å². The first-order chi connectivity index (χ1) is 11.5. The number of benzene rings is 1. The minimum absolute atomic E-state index is 0.223. The molecule has 1 aromatic carbocycles. The van der Waals surface area contributed by atoms with Crippen molar-refractivity contribution in [1.29, 1.82) is 0 Å². The Morgan fingerprint density at radius 3 is 2.62 bits per heavy atom. The van der Waals surface area contributed by atoms with Crippen LogP contribution in [0.25, 0.3) is 0 Å². The maximum absolute atomic E-state index is 12.6. The van der Waals surface area contributed by atoms with Crippen molar-refractivity contribution in [3.63, 3.8) is 0 Å². The molecule has 0 fully saturated rings. The van der Waals surface area contributed by atoms with Crippen LogP contribution in [0.1, 0.15) is 29.5 Å². The standard InChI is InChI=1S/C18H23N3O2S/c1-21(2)18-16(8-5-11-19-18)13-20-24(22,23)17-10-9-14-6-3-4-7-15(14)12-17/h5,8-12,20H,3-4,6-7,13H2,1-2H3. The summed E-state index contributed by atoms with van der Waals surface area (Å²) in [7, 11) is 0.255. The molecule has 1 heterocycles. The van der Waals surface area contributed by atoms with E-state index in [0.717, 1.165) is 30.6 Å². The predicted molar refractivity (Wildman–Crippen MR) is 95.7 cm³/mol. The fourth-order valence-electron chi connectivity index (χ4n) is 3.10. The molecule has 0 bridgehead atoms. The van der Waals surface area contributed by atoms with E-state index in [4.69, 9.17) is 0 Å². The fraction of sp³-hybridized carbons (Fsp3) is 0.389. The first-order valence-electron chi connectivity index (χ1n) is 8.20. The number of anilines is 1. The molecule has 0 saturated carbocycles. The molecule has 1 aliphatic carbocycles. The minimum Gasteiger partial charge on any atom is -0.362 e. The highest BCUT2D eigenvalue weighted by atomic mass is 32.2. The van der Waals surface area contributed by atoms with Gasteiger partial charge in [-0.1, -0.05) is 12.1 Å².